The van der Waals surface area contributed by atoms with Gasteiger partial charge in [0.1, 0.15) is 35.4 Å². The fourth-order valence-electron chi connectivity index (χ4n) is 5.73. The highest BCUT2D eigenvalue weighted by atomic mass is 17.1. The maximum atomic E-state index is 12.7. The second-order valence-corrected chi connectivity index (χ2v) is 12.8. The Morgan fingerprint density at radius 3 is 1.59 bits per heavy atom. The van der Waals surface area contributed by atoms with Crippen LogP contribution in [0.15, 0.2) is 140 Å². The fraction of sp³-hybridized carbons (Fsp3) is 0.116. The Hall–Kier alpha value is -6.66. The smallest absolute Gasteiger partial charge is 0.336 e. The molecule has 0 saturated heterocycles. The minimum atomic E-state index is -1.32. The monoisotopic (exact) mass is 726 g/mol. The van der Waals surface area contributed by atoms with Gasteiger partial charge in [0, 0.05) is 11.1 Å². The number of amides is 1. The van der Waals surface area contributed by atoms with Crippen molar-refractivity contribution in [3.63, 3.8) is 0 Å². The van der Waals surface area contributed by atoms with Crippen LogP contribution in [0.4, 0.5) is 11.4 Å². The Labute approximate surface area is 311 Å². The second kappa shape index (κ2) is 16.8. The van der Waals surface area contributed by atoms with Crippen molar-refractivity contribution < 1.29 is 44.3 Å². The van der Waals surface area contributed by atoms with Crippen molar-refractivity contribution in [2.75, 3.05) is 10.8 Å². The lowest BCUT2D eigenvalue weighted by Gasteiger charge is -2.26. The summed E-state index contributed by atoms with van der Waals surface area (Å²) < 4.78 is 12.1. The number of nitrogens with one attached hydrogen (secondary N) is 2. The molecule has 274 valence electrons. The summed E-state index contributed by atoms with van der Waals surface area (Å²) in [6.07, 6.45) is 0. The van der Waals surface area contributed by atoms with Gasteiger partial charge in [-0.3, -0.25) is 20.4 Å². The average Bonchev–Trinajstić information content (AvgIpc) is 3.17. The number of aromatic hydroxyl groups is 1. The summed E-state index contributed by atoms with van der Waals surface area (Å²) in [6.45, 7) is 4.68. The molecule has 0 atom stereocenters. The van der Waals surface area contributed by atoms with Crippen LogP contribution in [0.25, 0.3) is 0 Å². The molecule has 0 aliphatic heterocycles. The van der Waals surface area contributed by atoms with Crippen molar-refractivity contribution in [2.24, 2.45) is 0 Å². The van der Waals surface area contributed by atoms with Gasteiger partial charge in [-0.15, -0.1) is 0 Å². The summed E-state index contributed by atoms with van der Waals surface area (Å²) in [5.74, 6) is 0.400. The number of rotatable bonds is 15. The van der Waals surface area contributed by atoms with Crippen LogP contribution in [0, 0.1) is 0 Å². The molecule has 1 amide bonds. The van der Waals surface area contributed by atoms with Crippen molar-refractivity contribution in [1.29, 1.82) is 0 Å². The zero-order valence-electron chi connectivity index (χ0n) is 29.5. The normalized spacial score (nSPS) is 11.1. The lowest BCUT2D eigenvalue weighted by Crippen LogP contribution is -2.18. The Morgan fingerprint density at radius 2 is 1.09 bits per heavy atom. The Balaban J connectivity index is 1.00. The molecule has 11 nitrogen and oxygen atoms in total. The molecule has 0 unspecified atom stereocenters. The molecule has 0 aromatic heterocycles. The van der Waals surface area contributed by atoms with E-state index < -0.39 is 11.9 Å². The molecule has 0 bridgehead atoms. The molecule has 11 heteroatoms. The summed E-state index contributed by atoms with van der Waals surface area (Å²) >= 11 is 0. The van der Waals surface area contributed by atoms with E-state index in [1.165, 1.54) is 12.1 Å². The van der Waals surface area contributed by atoms with Crippen molar-refractivity contribution in [2.45, 2.75) is 32.5 Å². The third kappa shape index (κ3) is 9.22. The molecule has 0 fully saturated rings. The van der Waals surface area contributed by atoms with E-state index >= 15 is 0 Å². The number of phenols is 1. The third-order valence-electron chi connectivity index (χ3n) is 8.82. The number of carbonyl (C=O) groups is 2. The van der Waals surface area contributed by atoms with Gasteiger partial charge in [0.2, 0.25) is 0 Å². The first-order valence-corrected chi connectivity index (χ1v) is 16.9. The van der Waals surface area contributed by atoms with E-state index in [9.17, 15) is 19.8 Å². The van der Waals surface area contributed by atoms with E-state index in [4.69, 9.17) is 19.6 Å². The molecule has 0 heterocycles. The van der Waals surface area contributed by atoms with Gasteiger partial charge < -0.3 is 25.0 Å². The highest BCUT2D eigenvalue weighted by Gasteiger charge is 2.23. The number of aromatic carboxylic acids is 1. The number of hydrogen-bond donors (Lipinski definition) is 5. The van der Waals surface area contributed by atoms with E-state index in [-0.39, 0.29) is 28.9 Å². The largest absolute Gasteiger partial charge is 0.508 e. The van der Waals surface area contributed by atoms with Gasteiger partial charge in [0.15, 0.2) is 0 Å². The predicted octanol–water partition coefficient (Wildman–Crippen LogP) is 9.79. The Kier molecular flexibility index (Phi) is 11.5. The number of hydrogen-bond acceptors (Lipinski definition) is 9. The minimum Gasteiger partial charge on any atom is -0.508 e. The van der Waals surface area contributed by atoms with E-state index in [2.05, 4.69) is 29.5 Å². The highest BCUT2D eigenvalue weighted by molar-refractivity contribution is 6.10. The Morgan fingerprint density at radius 1 is 0.611 bits per heavy atom. The van der Waals surface area contributed by atoms with E-state index in [0.29, 0.717) is 35.3 Å². The lowest BCUT2D eigenvalue weighted by molar-refractivity contribution is -0.253. The van der Waals surface area contributed by atoms with Gasteiger partial charge >= 0.3 is 5.97 Å². The zero-order valence-corrected chi connectivity index (χ0v) is 29.5. The number of carboxylic acid groups (broad SMARTS) is 1. The molecule has 54 heavy (non-hydrogen) atoms. The van der Waals surface area contributed by atoms with Crippen molar-refractivity contribution >= 4 is 23.3 Å². The van der Waals surface area contributed by atoms with Crippen molar-refractivity contribution in [3.8, 4) is 28.7 Å². The molecular weight excluding hydrogens is 688 g/mol. The molecule has 0 saturated carbocycles. The van der Waals surface area contributed by atoms with Crippen LogP contribution in [-0.4, -0.2) is 27.3 Å². The van der Waals surface area contributed by atoms with Crippen LogP contribution < -0.4 is 20.3 Å². The van der Waals surface area contributed by atoms with Crippen LogP contribution in [0.1, 0.15) is 56.8 Å². The van der Waals surface area contributed by atoms with Gasteiger partial charge in [-0.2, -0.15) is 0 Å². The quantitative estimate of drug-likeness (QED) is 0.0510. The number of benzene rings is 6. The van der Waals surface area contributed by atoms with E-state index in [1.807, 2.05) is 97.1 Å². The number of carboxylic acids is 1. The first-order valence-electron chi connectivity index (χ1n) is 16.9. The van der Waals surface area contributed by atoms with Crippen LogP contribution in [0.3, 0.4) is 0 Å². The number of phenolic OH excluding ortho intramolecular Hbond substituents is 1. The van der Waals surface area contributed by atoms with Gasteiger partial charge in [0.05, 0.1) is 23.4 Å². The van der Waals surface area contributed by atoms with Gasteiger partial charge in [-0.25, -0.2) is 9.68 Å². The summed E-state index contributed by atoms with van der Waals surface area (Å²) in [6, 6.07) is 41.1. The summed E-state index contributed by atoms with van der Waals surface area (Å²) in [4.78, 5) is 34.1. The van der Waals surface area contributed by atoms with Gasteiger partial charge in [-0.05, 0) is 113 Å². The van der Waals surface area contributed by atoms with Crippen LogP contribution in [0.5, 0.6) is 28.7 Å². The summed E-state index contributed by atoms with van der Waals surface area (Å²) in [5.41, 5.74) is 7.40. The molecule has 0 aliphatic rings. The topological polar surface area (TPSA) is 156 Å². The van der Waals surface area contributed by atoms with Gasteiger partial charge in [-0.1, -0.05) is 62.4 Å². The number of carbonyl (C=O) groups excluding carboxylic acids is 1. The average molecular weight is 727 g/mol. The maximum absolute atomic E-state index is 12.7. The van der Waals surface area contributed by atoms with Crippen molar-refractivity contribution in [1.82, 2.24) is 0 Å². The lowest BCUT2D eigenvalue weighted by atomic mass is 9.78. The molecule has 6 aromatic carbocycles. The Bertz CT molecular complexity index is 2200. The highest BCUT2D eigenvalue weighted by Crippen LogP contribution is 2.35. The molecule has 0 spiro atoms. The minimum absolute atomic E-state index is 0.0678. The molecule has 0 radical (unpaired) electrons. The first kappa shape index (κ1) is 37.1. The predicted molar refractivity (Wildman–Crippen MR) is 203 cm³/mol. The number of ether oxygens (including phenoxy) is 2. The van der Waals surface area contributed by atoms with Crippen molar-refractivity contribution in [3.05, 3.63) is 173 Å². The van der Waals surface area contributed by atoms with E-state index in [0.717, 1.165) is 34.0 Å². The van der Waals surface area contributed by atoms with Crippen LogP contribution in [-0.2, 0) is 28.4 Å². The summed E-state index contributed by atoms with van der Waals surface area (Å²) in [5, 5.41) is 30.5. The maximum Gasteiger partial charge on any atom is 0.336 e. The molecule has 5 N–H and O–H groups in total. The summed E-state index contributed by atoms with van der Waals surface area (Å²) in [7, 11) is 0. The van der Waals surface area contributed by atoms with E-state index in [1.54, 1.807) is 24.3 Å². The van der Waals surface area contributed by atoms with Crippen LogP contribution in [0.2, 0.25) is 0 Å². The zero-order chi connectivity index (χ0) is 38.1. The standard InChI is InChI=1S/C43H38N2O9/c1-43(2,31-9-18-36(19-10-31)54-38-22-13-33(14-23-38)45-51-26-28-5-3-4-6-29(28)27-52-50)30-7-16-35(17-8-30)53-37-20-11-32(12-21-37)44-41(47)39-24-15-34(46)25-40(39)42(48)49/h3-25,45-46,50H,26-27H2,1-2H3,(H,44,47)(H,48,49). The molecule has 0 aliphatic carbocycles. The number of anilines is 2. The van der Waals surface area contributed by atoms with Crippen LogP contribution >= 0.6 is 0 Å². The fourth-order valence-corrected chi connectivity index (χ4v) is 5.73. The van der Waals surface area contributed by atoms with Gasteiger partial charge in [0.25, 0.3) is 5.91 Å². The third-order valence-corrected chi connectivity index (χ3v) is 8.82. The molecule has 6 rings (SSSR count). The molecular formula is C43H38N2O9. The second-order valence-electron chi connectivity index (χ2n) is 12.8. The molecule has 6 aromatic rings. The first-order chi connectivity index (χ1) is 26.1. The SMILES string of the molecule is CC(C)(c1ccc(Oc2ccc(NOCc3ccccc3COO)cc2)cc1)c1ccc(Oc2ccc(NC(=O)c3ccc(O)cc3C(=O)O)cc2)cc1.